The highest BCUT2D eigenvalue weighted by molar-refractivity contribution is 6.30. The van der Waals surface area contributed by atoms with E-state index < -0.39 is 0 Å². The van der Waals surface area contributed by atoms with Crippen molar-refractivity contribution in [2.45, 2.75) is 59.9 Å². The summed E-state index contributed by atoms with van der Waals surface area (Å²) >= 11 is 6.21. The molecule has 0 spiro atoms. The van der Waals surface area contributed by atoms with Crippen molar-refractivity contribution in [2.24, 2.45) is 5.92 Å². The lowest BCUT2D eigenvalue weighted by Gasteiger charge is -2.17. The van der Waals surface area contributed by atoms with Crippen LogP contribution in [0.5, 0.6) is 5.75 Å². The molecule has 0 radical (unpaired) electrons. The van der Waals surface area contributed by atoms with E-state index in [2.05, 4.69) is 18.9 Å². The Morgan fingerprint density at radius 3 is 2.65 bits per heavy atom. The van der Waals surface area contributed by atoms with Gasteiger partial charge in [-0.05, 0) is 50.5 Å². The summed E-state index contributed by atoms with van der Waals surface area (Å²) in [6.07, 6.45) is 3.42. The van der Waals surface area contributed by atoms with E-state index in [1.807, 2.05) is 35.9 Å². The Hall–Kier alpha value is -1.81. The standard InChI is InChI=1S/C21H29ClN2O2/c1-5-17(6-2)14-26-21-10-8-19(22)12-18(21)13-24-15(3)11-20(23-24)9-7-16(4)25/h8,10-12,17H,5-7,9,13-14H2,1-4H3. The van der Waals surface area contributed by atoms with Gasteiger partial charge in [0.25, 0.3) is 0 Å². The SMILES string of the molecule is CCC(CC)COc1ccc(Cl)cc1Cn1nc(CCC(C)=O)cc1C. The molecule has 26 heavy (non-hydrogen) atoms. The van der Waals surface area contributed by atoms with Gasteiger partial charge in [0.15, 0.2) is 0 Å². The molecule has 0 aliphatic heterocycles. The van der Waals surface area contributed by atoms with Crippen LogP contribution in [-0.4, -0.2) is 22.2 Å². The number of ether oxygens (including phenoxy) is 1. The number of nitrogens with zero attached hydrogens (tertiary/aromatic N) is 2. The van der Waals surface area contributed by atoms with Crippen molar-refractivity contribution in [2.75, 3.05) is 6.61 Å². The maximum atomic E-state index is 11.2. The molecule has 1 aromatic heterocycles. The summed E-state index contributed by atoms with van der Waals surface area (Å²) in [7, 11) is 0. The minimum atomic E-state index is 0.184. The molecule has 0 amide bonds. The Bertz CT molecular complexity index is 736. The van der Waals surface area contributed by atoms with Gasteiger partial charge in [-0.3, -0.25) is 4.68 Å². The number of ketones is 1. The van der Waals surface area contributed by atoms with E-state index in [1.54, 1.807) is 6.92 Å². The van der Waals surface area contributed by atoms with Crippen LogP contribution in [0.2, 0.25) is 5.02 Å². The minimum Gasteiger partial charge on any atom is -0.493 e. The van der Waals surface area contributed by atoms with Gasteiger partial charge in [-0.15, -0.1) is 0 Å². The van der Waals surface area contributed by atoms with Gasteiger partial charge in [-0.25, -0.2) is 0 Å². The number of Topliss-reactive ketones (excluding diaryl/α,β-unsaturated/α-hetero) is 1. The predicted molar refractivity (Wildman–Crippen MR) is 106 cm³/mol. The van der Waals surface area contributed by atoms with Crippen molar-refractivity contribution in [3.8, 4) is 5.75 Å². The van der Waals surface area contributed by atoms with Crippen LogP contribution in [0.3, 0.4) is 0 Å². The van der Waals surface area contributed by atoms with E-state index in [9.17, 15) is 4.79 Å². The maximum absolute atomic E-state index is 11.2. The molecule has 0 saturated carbocycles. The number of hydrogen-bond donors (Lipinski definition) is 0. The second-order valence-electron chi connectivity index (χ2n) is 6.88. The van der Waals surface area contributed by atoms with Crippen LogP contribution in [0.15, 0.2) is 24.3 Å². The van der Waals surface area contributed by atoms with E-state index in [4.69, 9.17) is 16.3 Å². The number of carbonyl (C=O) groups excluding carboxylic acids is 1. The topological polar surface area (TPSA) is 44.1 Å². The summed E-state index contributed by atoms with van der Waals surface area (Å²) in [5.41, 5.74) is 3.03. The molecule has 0 unspecified atom stereocenters. The van der Waals surface area contributed by atoms with Gasteiger partial charge in [0.05, 0.1) is 18.8 Å². The monoisotopic (exact) mass is 376 g/mol. The Labute approximate surface area is 161 Å². The van der Waals surface area contributed by atoms with Gasteiger partial charge in [0.2, 0.25) is 0 Å². The molecular weight excluding hydrogens is 348 g/mol. The van der Waals surface area contributed by atoms with Crippen LogP contribution in [0.1, 0.15) is 57.0 Å². The average molecular weight is 377 g/mol. The zero-order chi connectivity index (χ0) is 19.1. The molecule has 0 N–H and O–H groups in total. The number of aryl methyl sites for hydroxylation is 2. The smallest absolute Gasteiger partial charge is 0.130 e. The van der Waals surface area contributed by atoms with E-state index in [0.29, 0.717) is 36.9 Å². The molecular formula is C21H29ClN2O2. The zero-order valence-electron chi connectivity index (χ0n) is 16.2. The molecule has 0 bridgehead atoms. The summed E-state index contributed by atoms with van der Waals surface area (Å²) in [4.78, 5) is 11.2. The van der Waals surface area contributed by atoms with Crippen molar-refractivity contribution < 1.29 is 9.53 Å². The van der Waals surface area contributed by atoms with Crippen LogP contribution >= 0.6 is 11.6 Å². The minimum absolute atomic E-state index is 0.184. The molecule has 4 nitrogen and oxygen atoms in total. The van der Waals surface area contributed by atoms with Gasteiger partial charge in [0.1, 0.15) is 11.5 Å². The summed E-state index contributed by atoms with van der Waals surface area (Å²) in [5.74, 6) is 1.61. The summed E-state index contributed by atoms with van der Waals surface area (Å²) in [6.45, 7) is 9.33. The van der Waals surface area contributed by atoms with Crippen molar-refractivity contribution >= 4 is 17.4 Å². The molecule has 2 aromatic rings. The Morgan fingerprint density at radius 1 is 1.27 bits per heavy atom. The van der Waals surface area contributed by atoms with Crippen molar-refractivity contribution in [1.29, 1.82) is 0 Å². The van der Waals surface area contributed by atoms with Gasteiger partial charge >= 0.3 is 0 Å². The summed E-state index contributed by atoms with van der Waals surface area (Å²) in [5, 5.41) is 5.33. The fraction of sp³-hybridized carbons (Fsp3) is 0.524. The number of aromatic nitrogens is 2. The second kappa shape index (κ2) is 9.77. The number of benzene rings is 1. The molecule has 0 atom stereocenters. The first-order valence-corrected chi connectivity index (χ1v) is 9.74. The van der Waals surface area contributed by atoms with Crippen LogP contribution in [0.25, 0.3) is 0 Å². The fourth-order valence-corrected chi connectivity index (χ4v) is 3.07. The highest BCUT2D eigenvalue weighted by Gasteiger charge is 2.12. The molecule has 1 aromatic carbocycles. The van der Waals surface area contributed by atoms with Gasteiger partial charge in [-0.1, -0.05) is 38.3 Å². The average Bonchev–Trinajstić information content (AvgIpc) is 2.95. The third kappa shape index (κ3) is 5.87. The van der Waals surface area contributed by atoms with E-state index in [0.717, 1.165) is 35.5 Å². The van der Waals surface area contributed by atoms with E-state index >= 15 is 0 Å². The van der Waals surface area contributed by atoms with E-state index in [1.165, 1.54) is 0 Å². The molecule has 5 heteroatoms. The fourth-order valence-electron chi connectivity index (χ4n) is 2.87. The number of hydrogen-bond acceptors (Lipinski definition) is 3. The molecule has 142 valence electrons. The highest BCUT2D eigenvalue weighted by Crippen LogP contribution is 2.25. The lowest BCUT2D eigenvalue weighted by molar-refractivity contribution is -0.117. The summed E-state index contributed by atoms with van der Waals surface area (Å²) < 4.78 is 8.04. The van der Waals surface area contributed by atoms with Crippen LogP contribution < -0.4 is 4.74 Å². The third-order valence-corrected chi connectivity index (χ3v) is 4.97. The van der Waals surface area contributed by atoms with E-state index in [-0.39, 0.29) is 5.78 Å². The van der Waals surface area contributed by atoms with Gasteiger partial charge in [0, 0.05) is 22.7 Å². The third-order valence-electron chi connectivity index (χ3n) is 4.74. The van der Waals surface area contributed by atoms with Crippen molar-refractivity contribution in [3.63, 3.8) is 0 Å². The highest BCUT2D eigenvalue weighted by atomic mass is 35.5. The Balaban J connectivity index is 2.15. The van der Waals surface area contributed by atoms with Crippen LogP contribution in [0, 0.1) is 12.8 Å². The maximum Gasteiger partial charge on any atom is 0.130 e. The number of carbonyl (C=O) groups is 1. The summed E-state index contributed by atoms with van der Waals surface area (Å²) in [6, 6.07) is 7.79. The van der Waals surface area contributed by atoms with Crippen molar-refractivity contribution in [3.05, 3.63) is 46.2 Å². The number of rotatable bonds is 10. The molecule has 0 fully saturated rings. The van der Waals surface area contributed by atoms with Gasteiger partial charge in [-0.2, -0.15) is 5.10 Å². The van der Waals surface area contributed by atoms with Gasteiger partial charge < -0.3 is 9.53 Å². The Kier molecular flexibility index (Phi) is 7.70. The molecule has 0 aliphatic rings. The molecule has 2 rings (SSSR count). The molecule has 1 heterocycles. The lowest BCUT2D eigenvalue weighted by atomic mass is 10.1. The second-order valence-corrected chi connectivity index (χ2v) is 7.32. The van der Waals surface area contributed by atoms with Crippen LogP contribution in [0.4, 0.5) is 0 Å². The largest absolute Gasteiger partial charge is 0.493 e. The Morgan fingerprint density at radius 2 is 2.00 bits per heavy atom. The zero-order valence-corrected chi connectivity index (χ0v) is 17.0. The molecule has 0 saturated heterocycles. The lowest BCUT2D eigenvalue weighted by Crippen LogP contribution is -2.12. The first-order chi connectivity index (χ1) is 12.4. The quantitative estimate of drug-likeness (QED) is 0.570. The first kappa shape index (κ1) is 20.5. The normalized spacial score (nSPS) is 11.2. The van der Waals surface area contributed by atoms with Crippen molar-refractivity contribution in [1.82, 2.24) is 9.78 Å². The van der Waals surface area contributed by atoms with Crippen LogP contribution in [-0.2, 0) is 17.8 Å². The predicted octanol–water partition coefficient (Wildman–Crippen LogP) is 5.23. The molecule has 0 aliphatic carbocycles. The number of halogens is 1. The first-order valence-electron chi connectivity index (χ1n) is 9.36.